The van der Waals surface area contributed by atoms with Gasteiger partial charge in [0.1, 0.15) is 11.8 Å². The van der Waals surface area contributed by atoms with Crippen molar-refractivity contribution in [3.05, 3.63) is 113 Å². The average molecular weight is 590 g/mol. The van der Waals surface area contributed by atoms with Crippen molar-refractivity contribution in [2.45, 2.75) is 53.7 Å². The van der Waals surface area contributed by atoms with Crippen LogP contribution in [-0.4, -0.2) is 27.8 Å². The van der Waals surface area contributed by atoms with Crippen LogP contribution in [-0.2, 0) is 9.53 Å². The number of fused-ring (bicyclic) bond motifs is 1. The van der Waals surface area contributed by atoms with Gasteiger partial charge in [-0.2, -0.15) is 0 Å². The minimum absolute atomic E-state index is 0.0981. The summed E-state index contributed by atoms with van der Waals surface area (Å²) in [7, 11) is 0. The second-order valence-electron chi connectivity index (χ2n) is 10.1. The molecule has 1 aliphatic heterocycles. The Kier molecular flexibility index (Phi) is 8.07. The lowest BCUT2D eigenvalue weighted by molar-refractivity contribution is -0.139. The van der Waals surface area contributed by atoms with Gasteiger partial charge in [-0.25, -0.2) is 9.79 Å². The normalized spacial score (nSPS) is 15.2. The number of rotatable bonds is 7. The number of ether oxygens (including phenoxy) is 2. The quantitative estimate of drug-likeness (QED) is 0.261. The third-order valence-electron chi connectivity index (χ3n) is 6.94. The van der Waals surface area contributed by atoms with E-state index in [-0.39, 0.29) is 18.3 Å². The van der Waals surface area contributed by atoms with E-state index in [2.05, 4.69) is 10.6 Å². The molecule has 2 aromatic heterocycles. The molecule has 212 valence electrons. The highest BCUT2D eigenvalue weighted by Gasteiger charge is 2.35. The third-order valence-corrected chi connectivity index (χ3v) is 8.17. The lowest BCUT2D eigenvalue weighted by atomic mass is 9.95. The number of hydrogen-bond acceptors (Lipinski definition) is 6. The molecule has 0 N–H and O–H groups in total. The maximum Gasteiger partial charge on any atom is 0.338 e. The van der Waals surface area contributed by atoms with Crippen molar-refractivity contribution in [1.82, 2.24) is 9.13 Å². The van der Waals surface area contributed by atoms with E-state index in [1.165, 1.54) is 11.3 Å². The first-order valence-electron chi connectivity index (χ1n) is 13.5. The fourth-order valence-corrected chi connectivity index (χ4v) is 6.38. The van der Waals surface area contributed by atoms with Gasteiger partial charge < -0.3 is 14.0 Å². The van der Waals surface area contributed by atoms with Crippen LogP contribution in [0.15, 0.2) is 75.7 Å². The monoisotopic (exact) mass is 589 g/mol. The van der Waals surface area contributed by atoms with E-state index < -0.39 is 12.0 Å². The van der Waals surface area contributed by atoms with E-state index in [1.807, 2.05) is 82.3 Å². The molecule has 0 fully saturated rings. The Bertz CT molecular complexity index is 1840. The Labute approximate surface area is 247 Å². The Morgan fingerprint density at radius 2 is 1.83 bits per heavy atom. The number of para-hydroxylation sites is 1. The van der Waals surface area contributed by atoms with Crippen molar-refractivity contribution in [3.8, 4) is 11.4 Å². The zero-order chi connectivity index (χ0) is 29.4. The van der Waals surface area contributed by atoms with Crippen LogP contribution in [0.5, 0.6) is 5.75 Å². The highest BCUT2D eigenvalue weighted by atomic mass is 35.5. The van der Waals surface area contributed by atoms with Gasteiger partial charge in [0.2, 0.25) is 0 Å². The summed E-state index contributed by atoms with van der Waals surface area (Å²) in [5, 5.41) is 0.671. The summed E-state index contributed by atoms with van der Waals surface area (Å²) in [4.78, 5) is 32.6. The molecule has 0 spiro atoms. The van der Waals surface area contributed by atoms with E-state index >= 15 is 0 Å². The minimum atomic E-state index is -0.746. The van der Waals surface area contributed by atoms with Crippen molar-refractivity contribution >= 4 is 35.0 Å². The number of thiazole rings is 1. The molecule has 0 radical (unpaired) electrons. The number of nitrogens with zero attached hydrogens (tertiary/aromatic N) is 3. The molecule has 1 aliphatic rings. The summed E-state index contributed by atoms with van der Waals surface area (Å²) in [6.45, 7) is 11.7. The largest absolute Gasteiger partial charge is 0.491 e. The highest BCUT2D eigenvalue weighted by molar-refractivity contribution is 7.07. The standard InChI is InChI=1S/C32H32ClN3O4S/c1-7-39-31(38)28-20(5)34-32-36(29(28)25-10-8-9-11-26(25)40-18(2)3)30(37)27(41-32)17-22-16-19(4)35(21(22)6)24-14-12-23(33)13-15-24/h8-18,29H,7H2,1-6H3/b27-17-. The molecule has 5 rings (SSSR count). The predicted octanol–water partition coefficient (Wildman–Crippen LogP) is 5.65. The number of carbonyl (C=O) groups excluding carboxylic acids is 1. The smallest absolute Gasteiger partial charge is 0.338 e. The number of esters is 1. The van der Waals surface area contributed by atoms with Crippen LogP contribution in [0.1, 0.15) is 56.3 Å². The SMILES string of the molecule is CCOC(=O)C1=C(C)N=c2s/c(=C\c3cc(C)n(-c4ccc(Cl)cc4)c3C)c(=O)n2C1c1ccccc1OC(C)C. The van der Waals surface area contributed by atoms with E-state index in [1.54, 1.807) is 18.4 Å². The summed E-state index contributed by atoms with van der Waals surface area (Å²) in [6, 6.07) is 16.5. The van der Waals surface area contributed by atoms with E-state index in [0.29, 0.717) is 36.9 Å². The first-order chi connectivity index (χ1) is 19.6. The number of aryl methyl sites for hydroxylation is 1. The molecule has 0 bridgehead atoms. The van der Waals surface area contributed by atoms with Crippen molar-refractivity contribution in [3.63, 3.8) is 0 Å². The van der Waals surface area contributed by atoms with Gasteiger partial charge in [0.25, 0.3) is 5.56 Å². The van der Waals surface area contributed by atoms with Gasteiger partial charge in [0.05, 0.1) is 28.5 Å². The Morgan fingerprint density at radius 3 is 2.51 bits per heavy atom. The maximum atomic E-state index is 14.1. The van der Waals surface area contributed by atoms with Crippen LogP contribution >= 0.6 is 22.9 Å². The van der Waals surface area contributed by atoms with Crippen molar-refractivity contribution in [1.29, 1.82) is 0 Å². The van der Waals surface area contributed by atoms with E-state index in [4.69, 9.17) is 26.1 Å². The summed E-state index contributed by atoms with van der Waals surface area (Å²) in [6.07, 6.45) is 1.80. The molecule has 3 heterocycles. The van der Waals surface area contributed by atoms with Gasteiger partial charge in [-0.3, -0.25) is 9.36 Å². The van der Waals surface area contributed by atoms with Crippen LogP contribution in [0, 0.1) is 13.8 Å². The Morgan fingerprint density at radius 1 is 1.12 bits per heavy atom. The van der Waals surface area contributed by atoms with Crippen molar-refractivity contribution in [2.75, 3.05) is 6.61 Å². The van der Waals surface area contributed by atoms with E-state index in [9.17, 15) is 9.59 Å². The minimum Gasteiger partial charge on any atom is -0.491 e. The van der Waals surface area contributed by atoms with Gasteiger partial charge in [-0.1, -0.05) is 41.1 Å². The molecule has 7 nitrogen and oxygen atoms in total. The molecule has 0 saturated carbocycles. The molecule has 2 aromatic carbocycles. The van der Waals surface area contributed by atoms with E-state index in [0.717, 1.165) is 22.6 Å². The number of aromatic nitrogens is 2. The van der Waals surface area contributed by atoms with Crippen LogP contribution in [0.4, 0.5) is 0 Å². The molecular weight excluding hydrogens is 558 g/mol. The number of benzene rings is 2. The zero-order valence-electron chi connectivity index (χ0n) is 23.9. The van der Waals surface area contributed by atoms with Gasteiger partial charge in [-0.05, 0) is 89.6 Å². The number of hydrogen-bond donors (Lipinski definition) is 0. The molecule has 41 heavy (non-hydrogen) atoms. The lowest BCUT2D eigenvalue weighted by Gasteiger charge is -2.26. The molecule has 0 amide bonds. The van der Waals surface area contributed by atoms with Gasteiger partial charge in [-0.15, -0.1) is 0 Å². The number of halogens is 1. The van der Waals surface area contributed by atoms with Gasteiger partial charge in [0.15, 0.2) is 4.80 Å². The van der Waals surface area contributed by atoms with Gasteiger partial charge in [0, 0.05) is 27.7 Å². The van der Waals surface area contributed by atoms with Crippen molar-refractivity contribution < 1.29 is 14.3 Å². The van der Waals surface area contributed by atoms with Gasteiger partial charge >= 0.3 is 5.97 Å². The molecule has 4 aromatic rings. The molecule has 0 aliphatic carbocycles. The lowest BCUT2D eigenvalue weighted by Crippen LogP contribution is -2.40. The molecule has 1 atom stereocenters. The molecule has 9 heteroatoms. The number of carbonyl (C=O) groups is 1. The van der Waals surface area contributed by atoms with Crippen LogP contribution in [0.25, 0.3) is 11.8 Å². The van der Waals surface area contributed by atoms with Crippen LogP contribution in [0.3, 0.4) is 0 Å². The molecular formula is C32H32ClN3O4S. The average Bonchev–Trinajstić information content (AvgIpc) is 3.38. The predicted molar refractivity (Wildman–Crippen MR) is 163 cm³/mol. The summed E-state index contributed by atoms with van der Waals surface area (Å²) < 4.78 is 15.8. The summed E-state index contributed by atoms with van der Waals surface area (Å²) in [5.41, 5.74) is 5.24. The maximum absolute atomic E-state index is 14.1. The first-order valence-corrected chi connectivity index (χ1v) is 14.7. The first kappa shape index (κ1) is 28.6. The topological polar surface area (TPSA) is 74.8 Å². The number of allylic oxidation sites excluding steroid dienone is 1. The molecule has 1 unspecified atom stereocenters. The Balaban J connectivity index is 1.71. The summed E-state index contributed by atoms with van der Waals surface area (Å²) in [5.74, 6) is 0.101. The second kappa shape index (κ2) is 11.5. The molecule has 0 saturated heterocycles. The zero-order valence-corrected chi connectivity index (χ0v) is 25.5. The van der Waals surface area contributed by atoms with Crippen LogP contribution in [0.2, 0.25) is 5.02 Å². The third kappa shape index (κ3) is 5.42. The van der Waals surface area contributed by atoms with Crippen molar-refractivity contribution in [2.24, 2.45) is 4.99 Å². The van der Waals surface area contributed by atoms with Crippen LogP contribution < -0.4 is 19.6 Å². The summed E-state index contributed by atoms with van der Waals surface area (Å²) >= 11 is 7.41. The second-order valence-corrected chi connectivity index (χ2v) is 11.6. The fraction of sp³-hybridized carbons (Fsp3) is 0.281. The highest BCUT2D eigenvalue weighted by Crippen LogP contribution is 2.36. The Hall–Kier alpha value is -3.88. The fourth-order valence-electron chi connectivity index (χ4n) is 5.22.